The Morgan fingerprint density at radius 2 is 1.97 bits per heavy atom. The summed E-state index contributed by atoms with van der Waals surface area (Å²) in [6, 6.07) is 1.30. The summed E-state index contributed by atoms with van der Waals surface area (Å²) in [5, 5.41) is 20.9. The molecule has 0 saturated heterocycles. The van der Waals surface area contributed by atoms with Gasteiger partial charge in [-0.25, -0.2) is 9.59 Å². The highest BCUT2D eigenvalue weighted by Crippen LogP contribution is 2.26. The topological polar surface area (TPSA) is 117 Å². The fourth-order valence-electron chi connectivity index (χ4n) is 2.73. The lowest BCUT2D eigenvalue weighted by atomic mass is 9.99. The number of Topliss-reactive ketones (excluding diaryl/α,β-unsaturated/α-hetero) is 1. The Hall–Kier alpha value is -3.09. The van der Waals surface area contributed by atoms with E-state index >= 15 is 0 Å². The lowest BCUT2D eigenvalue weighted by molar-refractivity contribution is 0.102. The van der Waals surface area contributed by atoms with Gasteiger partial charge in [-0.3, -0.25) is 10.1 Å². The summed E-state index contributed by atoms with van der Waals surface area (Å²) in [6.07, 6.45) is 9.52. The molecule has 0 aliphatic carbocycles. The molecule has 0 aliphatic rings. The maximum absolute atomic E-state index is 12.6. The maximum Gasteiger partial charge on any atom is 0.408 e. The Labute approximate surface area is 176 Å². The molecule has 3 N–H and O–H groups in total. The molecule has 0 bridgehead atoms. The van der Waals surface area contributed by atoms with Crippen molar-refractivity contribution in [3.63, 3.8) is 0 Å². The third-order valence-corrected chi connectivity index (χ3v) is 4.65. The highest BCUT2D eigenvalue weighted by atomic mass is 16.4. The SMILES string of the molecule is CCCC/C(C)=C/C=C(\C)C(=O)c1c(O)cc(C(C)CC/C=C/NC(=O)O)oc1=O. The number of allylic oxidation sites excluding steroid dienone is 5. The first-order valence-corrected chi connectivity index (χ1v) is 10.1. The summed E-state index contributed by atoms with van der Waals surface area (Å²) < 4.78 is 5.28. The first kappa shape index (κ1) is 24.9. The van der Waals surface area contributed by atoms with E-state index in [-0.39, 0.29) is 17.2 Å². The van der Waals surface area contributed by atoms with Crippen LogP contribution in [0.2, 0.25) is 0 Å². The predicted molar refractivity (Wildman–Crippen MR) is 116 cm³/mol. The predicted octanol–water partition coefficient (Wildman–Crippen LogP) is 5.28. The molecule has 164 valence electrons. The van der Waals surface area contributed by atoms with Crippen molar-refractivity contribution < 1.29 is 24.2 Å². The fourth-order valence-corrected chi connectivity index (χ4v) is 2.73. The van der Waals surface area contributed by atoms with Gasteiger partial charge in [-0.15, -0.1) is 0 Å². The van der Waals surface area contributed by atoms with Crippen LogP contribution in [0.4, 0.5) is 4.79 Å². The van der Waals surface area contributed by atoms with Crippen LogP contribution in [-0.2, 0) is 0 Å². The normalized spacial score (nSPS) is 13.5. The Morgan fingerprint density at radius 1 is 1.27 bits per heavy atom. The monoisotopic (exact) mass is 417 g/mol. The molecule has 7 nitrogen and oxygen atoms in total. The standard InChI is InChI=1S/C23H31NO6/c1-5-6-9-15(2)11-12-17(4)21(26)20-18(25)14-19(30-22(20)27)16(3)10-7-8-13-24-23(28)29/h8,11-14,16,24-25H,5-7,9-10H2,1-4H3,(H,28,29)/b13-8+,15-11+,17-12+. The average molecular weight is 418 g/mol. The number of carboxylic acid groups (broad SMARTS) is 1. The van der Waals surface area contributed by atoms with Crippen molar-refractivity contribution in [2.75, 3.05) is 0 Å². The summed E-state index contributed by atoms with van der Waals surface area (Å²) in [7, 11) is 0. The molecule has 0 aliphatic heterocycles. The van der Waals surface area contributed by atoms with E-state index in [1.807, 2.05) is 19.9 Å². The number of carbonyl (C=O) groups is 2. The minimum atomic E-state index is -1.15. The Morgan fingerprint density at radius 3 is 2.57 bits per heavy atom. The molecule has 1 atom stereocenters. The molecule has 7 heteroatoms. The maximum atomic E-state index is 12.6. The highest BCUT2D eigenvalue weighted by Gasteiger charge is 2.21. The van der Waals surface area contributed by atoms with Crippen LogP contribution in [0.25, 0.3) is 0 Å². The molecule has 1 aromatic heterocycles. The second-order valence-corrected chi connectivity index (χ2v) is 7.32. The molecule has 0 aromatic carbocycles. The van der Waals surface area contributed by atoms with Crippen molar-refractivity contribution in [2.24, 2.45) is 0 Å². The van der Waals surface area contributed by atoms with Gasteiger partial charge >= 0.3 is 11.7 Å². The molecule has 0 spiro atoms. The molecule has 1 unspecified atom stereocenters. The van der Waals surface area contributed by atoms with E-state index in [1.165, 1.54) is 12.3 Å². The molecule has 0 radical (unpaired) electrons. The van der Waals surface area contributed by atoms with Crippen molar-refractivity contribution in [1.82, 2.24) is 5.32 Å². The molecular weight excluding hydrogens is 386 g/mol. The van der Waals surface area contributed by atoms with Crippen molar-refractivity contribution in [1.29, 1.82) is 0 Å². The quantitative estimate of drug-likeness (QED) is 0.256. The second-order valence-electron chi connectivity index (χ2n) is 7.32. The smallest absolute Gasteiger partial charge is 0.408 e. The summed E-state index contributed by atoms with van der Waals surface area (Å²) in [6.45, 7) is 7.50. The van der Waals surface area contributed by atoms with Gasteiger partial charge in [0.15, 0.2) is 5.78 Å². The Balaban J connectivity index is 2.91. The Bertz CT molecular complexity index is 891. The van der Waals surface area contributed by atoms with Gasteiger partial charge in [0.25, 0.3) is 0 Å². The van der Waals surface area contributed by atoms with Gasteiger partial charge in [0.1, 0.15) is 17.1 Å². The van der Waals surface area contributed by atoms with Crippen LogP contribution in [0.5, 0.6) is 5.75 Å². The molecule has 1 amide bonds. The largest absolute Gasteiger partial charge is 0.507 e. The second kappa shape index (κ2) is 12.5. The summed E-state index contributed by atoms with van der Waals surface area (Å²) in [5.41, 5.74) is 0.233. The number of carbonyl (C=O) groups excluding carboxylic acids is 1. The van der Waals surface area contributed by atoms with Crippen LogP contribution < -0.4 is 10.9 Å². The zero-order chi connectivity index (χ0) is 22.7. The van der Waals surface area contributed by atoms with E-state index in [9.17, 15) is 19.5 Å². The molecular formula is C23H31NO6. The number of nitrogens with one attached hydrogen (secondary N) is 1. The first-order chi connectivity index (χ1) is 14.2. The van der Waals surface area contributed by atoms with Crippen molar-refractivity contribution in [3.8, 4) is 5.75 Å². The van der Waals surface area contributed by atoms with Crippen LogP contribution in [-0.4, -0.2) is 22.1 Å². The van der Waals surface area contributed by atoms with Crippen molar-refractivity contribution >= 4 is 11.9 Å². The van der Waals surface area contributed by atoms with E-state index in [4.69, 9.17) is 9.52 Å². The third-order valence-electron chi connectivity index (χ3n) is 4.65. The number of hydrogen-bond acceptors (Lipinski definition) is 5. The van der Waals surface area contributed by atoms with Gasteiger partial charge in [0.2, 0.25) is 0 Å². The van der Waals surface area contributed by atoms with Crippen molar-refractivity contribution in [3.05, 3.63) is 63.4 Å². The van der Waals surface area contributed by atoms with Gasteiger partial charge in [-0.2, -0.15) is 0 Å². The molecule has 1 heterocycles. The van der Waals surface area contributed by atoms with Crippen LogP contribution in [0, 0.1) is 0 Å². The summed E-state index contributed by atoms with van der Waals surface area (Å²) >= 11 is 0. The zero-order valence-electron chi connectivity index (χ0n) is 18.0. The minimum Gasteiger partial charge on any atom is -0.507 e. The molecule has 0 fully saturated rings. The van der Waals surface area contributed by atoms with Crippen molar-refractivity contribution in [2.45, 2.75) is 65.7 Å². The highest BCUT2D eigenvalue weighted by molar-refractivity contribution is 6.09. The lowest BCUT2D eigenvalue weighted by Gasteiger charge is -2.11. The summed E-state index contributed by atoms with van der Waals surface area (Å²) in [5.74, 6) is -0.906. The van der Waals surface area contributed by atoms with Crippen LogP contribution in [0.3, 0.4) is 0 Å². The van der Waals surface area contributed by atoms with Crippen LogP contribution in [0.15, 0.2) is 50.9 Å². The van der Waals surface area contributed by atoms with E-state index in [0.717, 1.165) is 24.8 Å². The number of unbranched alkanes of at least 4 members (excludes halogenated alkanes) is 1. The third kappa shape index (κ3) is 8.11. The van der Waals surface area contributed by atoms with Gasteiger partial charge in [-0.1, -0.05) is 44.1 Å². The van der Waals surface area contributed by atoms with Gasteiger partial charge in [0.05, 0.1) is 0 Å². The van der Waals surface area contributed by atoms with E-state index < -0.39 is 23.3 Å². The number of amides is 1. The van der Waals surface area contributed by atoms with Crippen LogP contribution in [0.1, 0.15) is 81.8 Å². The average Bonchev–Trinajstić information content (AvgIpc) is 2.68. The fraction of sp³-hybridized carbons (Fsp3) is 0.435. The first-order valence-electron chi connectivity index (χ1n) is 10.1. The van der Waals surface area contributed by atoms with E-state index in [2.05, 4.69) is 12.2 Å². The molecule has 0 saturated carbocycles. The molecule has 30 heavy (non-hydrogen) atoms. The summed E-state index contributed by atoms with van der Waals surface area (Å²) in [4.78, 5) is 35.3. The zero-order valence-corrected chi connectivity index (χ0v) is 18.0. The van der Waals surface area contributed by atoms with Gasteiger partial charge < -0.3 is 14.6 Å². The number of rotatable bonds is 11. The Kier molecular flexibility index (Phi) is 10.4. The molecule has 1 rings (SSSR count). The number of hydrogen-bond donors (Lipinski definition) is 3. The van der Waals surface area contributed by atoms with Crippen LogP contribution >= 0.6 is 0 Å². The molecule has 1 aromatic rings. The van der Waals surface area contributed by atoms with E-state index in [1.54, 1.807) is 19.1 Å². The number of aromatic hydroxyl groups is 1. The number of ketones is 1. The van der Waals surface area contributed by atoms with Gasteiger partial charge in [0, 0.05) is 18.2 Å². The van der Waals surface area contributed by atoms with E-state index in [0.29, 0.717) is 18.4 Å². The van der Waals surface area contributed by atoms with Gasteiger partial charge in [-0.05, 0) is 45.1 Å². The lowest BCUT2D eigenvalue weighted by Crippen LogP contribution is -2.16. The minimum absolute atomic E-state index is 0.206.